The van der Waals surface area contributed by atoms with Crippen molar-refractivity contribution in [2.24, 2.45) is 5.92 Å². The average molecular weight is 283 g/mol. The predicted octanol–water partition coefficient (Wildman–Crippen LogP) is 2.00. The third kappa shape index (κ3) is 3.07. The largest absolute Gasteiger partial charge is 0.396 e. The highest BCUT2D eigenvalue weighted by molar-refractivity contribution is 5.91. The van der Waals surface area contributed by atoms with Crippen molar-refractivity contribution in [3.63, 3.8) is 0 Å². The van der Waals surface area contributed by atoms with Crippen molar-refractivity contribution in [2.75, 3.05) is 19.7 Å². The molecule has 2 fully saturated rings. The summed E-state index contributed by atoms with van der Waals surface area (Å²) in [6.07, 6.45) is 4.36. The van der Waals surface area contributed by atoms with E-state index in [2.05, 4.69) is 4.90 Å². The second-order valence-corrected chi connectivity index (χ2v) is 7.29. The summed E-state index contributed by atoms with van der Waals surface area (Å²) in [6.45, 7) is 9.82. The number of Topliss-reactive ketones (excluding diaryl/α,β-unsaturated/α-hetero) is 1. The van der Waals surface area contributed by atoms with Crippen molar-refractivity contribution in [2.45, 2.75) is 70.6 Å². The first kappa shape index (κ1) is 15.9. The maximum absolute atomic E-state index is 12.6. The van der Waals surface area contributed by atoms with Gasteiger partial charge in [0.05, 0.1) is 11.5 Å². The predicted molar refractivity (Wildman–Crippen MR) is 78.7 cm³/mol. The summed E-state index contributed by atoms with van der Waals surface area (Å²) in [6, 6.07) is 0.418. The number of likely N-dealkylation sites (tertiary alicyclic amines) is 1. The molecule has 1 N–H and O–H groups in total. The fraction of sp³-hybridized carbons (Fsp3) is 0.938. The third-order valence-corrected chi connectivity index (χ3v) is 4.90. The zero-order valence-electron chi connectivity index (χ0n) is 13.3. The van der Waals surface area contributed by atoms with Gasteiger partial charge in [-0.2, -0.15) is 0 Å². The molecule has 2 heterocycles. The van der Waals surface area contributed by atoms with Gasteiger partial charge >= 0.3 is 0 Å². The number of carbonyl (C=O) groups excluding carboxylic acids is 1. The number of aliphatic hydroxyl groups is 1. The van der Waals surface area contributed by atoms with Gasteiger partial charge in [0, 0.05) is 19.2 Å². The minimum Gasteiger partial charge on any atom is -0.396 e. The molecule has 2 rings (SSSR count). The minimum absolute atomic E-state index is 0.0724. The Kier molecular flexibility index (Phi) is 4.57. The van der Waals surface area contributed by atoms with Gasteiger partial charge < -0.3 is 9.84 Å². The number of hydrogen-bond acceptors (Lipinski definition) is 4. The van der Waals surface area contributed by atoms with Crippen molar-refractivity contribution in [3.05, 3.63) is 0 Å². The zero-order valence-corrected chi connectivity index (χ0v) is 13.3. The Hall–Kier alpha value is -0.450. The van der Waals surface area contributed by atoms with Gasteiger partial charge in [0.25, 0.3) is 0 Å². The van der Waals surface area contributed by atoms with Crippen LogP contribution in [0.4, 0.5) is 0 Å². The number of piperidine rings is 1. The Balaban J connectivity index is 2.09. The van der Waals surface area contributed by atoms with Crippen LogP contribution in [0.5, 0.6) is 0 Å². The van der Waals surface area contributed by atoms with E-state index in [1.54, 1.807) is 0 Å². The molecule has 0 aromatic rings. The Morgan fingerprint density at radius 1 is 1.30 bits per heavy atom. The quantitative estimate of drug-likeness (QED) is 0.857. The summed E-state index contributed by atoms with van der Waals surface area (Å²) < 4.78 is 5.97. The maximum atomic E-state index is 12.6. The monoisotopic (exact) mass is 283 g/mol. The van der Waals surface area contributed by atoms with Crippen molar-refractivity contribution in [1.29, 1.82) is 0 Å². The van der Waals surface area contributed by atoms with Crippen LogP contribution in [0.2, 0.25) is 0 Å². The van der Waals surface area contributed by atoms with E-state index in [4.69, 9.17) is 4.74 Å². The first-order valence-corrected chi connectivity index (χ1v) is 7.87. The van der Waals surface area contributed by atoms with Gasteiger partial charge in [0.15, 0.2) is 5.78 Å². The van der Waals surface area contributed by atoms with Crippen molar-refractivity contribution >= 4 is 5.78 Å². The van der Waals surface area contributed by atoms with E-state index < -0.39 is 11.2 Å². The van der Waals surface area contributed by atoms with Crippen LogP contribution in [0.1, 0.15) is 53.4 Å². The number of ketones is 1. The van der Waals surface area contributed by atoms with Gasteiger partial charge in [-0.05, 0) is 53.5 Å². The molecular formula is C16H29NO3. The normalized spacial score (nSPS) is 33.5. The molecule has 2 unspecified atom stereocenters. The molecule has 0 radical (unpaired) electrons. The van der Waals surface area contributed by atoms with E-state index in [1.165, 1.54) is 12.8 Å². The number of carbonyl (C=O) groups is 1. The number of aliphatic hydroxyl groups excluding tert-OH is 1. The fourth-order valence-corrected chi connectivity index (χ4v) is 3.83. The van der Waals surface area contributed by atoms with E-state index in [0.29, 0.717) is 6.04 Å². The smallest absolute Gasteiger partial charge is 0.171 e. The van der Waals surface area contributed by atoms with E-state index in [-0.39, 0.29) is 18.3 Å². The van der Waals surface area contributed by atoms with Gasteiger partial charge in [-0.1, -0.05) is 6.42 Å². The highest BCUT2D eigenvalue weighted by Gasteiger charge is 2.53. The van der Waals surface area contributed by atoms with Crippen LogP contribution in [-0.4, -0.2) is 52.7 Å². The number of nitrogens with zero attached hydrogens (tertiary/aromatic N) is 1. The highest BCUT2D eigenvalue weighted by Crippen LogP contribution is 2.40. The highest BCUT2D eigenvalue weighted by atomic mass is 16.5. The molecule has 20 heavy (non-hydrogen) atoms. The molecule has 0 spiro atoms. The molecule has 4 nitrogen and oxygen atoms in total. The van der Waals surface area contributed by atoms with Crippen LogP contribution in [0.15, 0.2) is 0 Å². The van der Waals surface area contributed by atoms with Gasteiger partial charge in [-0.15, -0.1) is 0 Å². The Morgan fingerprint density at radius 2 is 2.00 bits per heavy atom. The van der Waals surface area contributed by atoms with E-state index in [0.717, 1.165) is 25.9 Å². The van der Waals surface area contributed by atoms with Crippen molar-refractivity contribution < 1.29 is 14.6 Å². The summed E-state index contributed by atoms with van der Waals surface area (Å²) in [7, 11) is 0. The first-order valence-electron chi connectivity index (χ1n) is 7.87. The van der Waals surface area contributed by atoms with Crippen molar-refractivity contribution in [1.82, 2.24) is 4.90 Å². The fourth-order valence-electron chi connectivity index (χ4n) is 3.83. The summed E-state index contributed by atoms with van der Waals surface area (Å²) in [4.78, 5) is 15.0. The molecular weight excluding hydrogens is 254 g/mol. The summed E-state index contributed by atoms with van der Waals surface area (Å²) in [5.41, 5.74) is -1.07. The molecule has 0 aliphatic carbocycles. The summed E-state index contributed by atoms with van der Waals surface area (Å²) in [5, 5.41) is 9.22. The van der Waals surface area contributed by atoms with E-state index >= 15 is 0 Å². The van der Waals surface area contributed by atoms with Crippen LogP contribution in [0.3, 0.4) is 0 Å². The lowest BCUT2D eigenvalue weighted by molar-refractivity contribution is -0.132. The van der Waals surface area contributed by atoms with E-state index in [1.807, 2.05) is 27.7 Å². The Labute approximate surface area is 122 Å². The average Bonchev–Trinajstić information content (AvgIpc) is 2.50. The standard InChI is InChI=1S/C16H29NO3/c1-15(2)13(14(19)16(3,4)20-15)11-17-9-6-5-7-12(17)8-10-18/h12-13,18H,5-11H2,1-4H3. The van der Waals surface area contributed by atoms with Gasteiger partial charge in [0.2, 0.25) is 0 Å². The topological polar surface area (TPSA) is 49.8 Å². The Morgan fingerprint density at radius 3 is 2.55 bits per heavy atom. The second kappa shape index (κ2) is 5.74. The molecule has 0 saturated carbocycles. The van der Waals surface area contributed by atoms with Gasteiger partial charge in [-0.25, -0.2) is 0 Å². The molecule has 0 amide bonds. The molecule has 2 atom stereocenters. The molecule has 0 aromatic heterocycles. The molecule has 0 bridgehead atoms. The molecule has 2 aliphatic rings. The zero-order chi connectivity index (χ0) is 15.0. The molecule has 2 aliphatic heterocycles. The lowest BCUT2D eigenvalue weighted by atomic mass is 9.84. The summed E-state index contributed by atoms with van der Waals surface area (Å²) >= 11 is 0. The van der Waals surface area contributed by atoms with Crippen LogP contribution in [0, 0.1) is 5.92 Å². The summed E-state index contributed by atoms with van der Waals surface area (Å²) in [5.74, 6) is 0.146. The molecule has 2 saturated heterocycles. The lowest BCUT2D eigenvalue weighted by Gasteiger charge is -2.38. The number of rotatable bonds is 4. The van der Waals surface area contributed by atoms with E-state index in [9.17, 15) is 9.90 Å². The molecule has 4 heteroatoms. The SMILES string of the molecule is CC1(C)OC(C)(C)C(CN2CCCCC2CCO)C1=O. The number of hydrogen-bond donors (Lipinski definition) is 1. The van der Waals surface area contributed by atoms with Crippen LogP contribution in [-0.2, 0) is 9.53 Å². The van der Waals surface area contributed by atoms with Crippen LogP contribution >= 0.6 is 0 Å². The van der Waals surface area contributed by atoms with Crippen LogP contribution in [0.25, 0.3) is 0 Å². The first-order chi connectivity index (χ1) is 9.28. The van der Waals surface area contributed by atoms with Crippen LogP contribution < -0.4 is 0 Å². The maximum Gasteiger partial charge on any atom is 0.171 e. The Bertz CT molecular complexity index is 363. The second-order valence-electron chi connectivity index (χ2n) is 7.29. The number of ether oxygens (including phenoxy) is 1. The third-order valence-electron chi connectivity index (χ3n) is 4.90. The minimum atomic E-state index is -0.670. The lowest BCUT2D eigenvalue weighted by Crippen LogP contribution is -2.47. The van der Waals surface area contributed by atoms with Gasteiger partial charge in [-0.3, -0.25) is 9.69 Å². The molecule has 116 valence electrons. The van der Waals surface area contributed by atoms with Crippen molar-refractivity contribution in [3.8, 4) is 0 Å². The van der Waals surface area contributed by atoms with Gasteiger partial charge in [0.1, 0.15) is 5.60 Å². The molecule has 0 aromatic carbocycles.